The SMILES string of the molecule is COc1cc(C(=O)N2CCC(N3CCN(C)CC3)CC2)ccc1Nc1ncc2c(n1)N(C)c1sc(C)nc1C(=O)N2C. The Morgan fingerprint density at radius 3 is 2.48 bits per heavy atom. The molecule has 0 atom stereocenters. The number of methoxy groups -OCH3 is 1. The number of fused-ring (bicyclic) bond motifs is 2. The van der Waals surface area contributed by atoms with E-state index in [-0.39, 0.29) is 11.8 Å². The van der Waals surface area contributed by atoms with E-state index in [0.717, 1.165) is 62.1 Å². The van der Waals surface area contributed by atoms with Crippen LogP contribution in [0.15, 0.2) is 24.4 Å². The van der Waals surface area contributed by atoms with Crippen molar-refractivity contribution in [3.05, 3.63) is 40.7 Å². The third-order valence-corrected chi connectivity index (χ3v) is 9.51. The number of aryl methyl sites for hydroxylation is 1. The first-order valence-electron chi connectivity index (χ1n) is 14.3. The van der Waals surface area contributed by atoms with E-state index in [2.05, 4.69) is 32.1 Å². The molecule has 3 aliphatic rings. The van der Waals surface area contributed by atoms with E-state index in [4.69, 9.17) is 9.72 Å². The third kappa shape index (κ3) is 5.27. The van der Waals surface area contributed by atoms with Crippen molar-refractivity contribution in [1.29, 1.82) is 0 Å². The number of nitrogens with zero attached hydrogens (tertiary/aromatic N) is 8. The van der Waals surface area contributed by atoms with Gasteiger partial charge in [-0.25, -0.2) is 9.97 Å². The second-order valence-corrected chi connectivity index (χ2v) is 12.3. The van der Waals surface area contributed by atoms with Gasteiger partial charge >= 0.3 is 0 Å². The number of anilines is 5. The molecule has 2 fully saturated rings. The summed E-state index contributed by atoms with van der Waals surface area (Å²) in [6, 6.07) is 5.95. The van der Waals surface area contributed by atoms with Crippen LogP contribution in [0.5, 0.6) is 5.75 Å². The molecule has 6 rings (SSSR count). The van der Waals surface area contributed by atoms with Crippen LogP contribution in [0.2, 0.25) is 0 Å². The van der Waals surface area contributed by atoms with Gasteiger partial charge < -0.3 is 29.7 Å². The Labute approximate surface area is 249 Å². The van der Waals surface area contributed by atoms with Crippen LogP contribution in [0.1, 0.15) is 38.7 Å². The highest BCUT2D eigenvalue weighted by Gasteiger charge is 2.33. The number of ether oxygens (including phenoxy) is 1. The second-order valence-electron chi connectivity index (χ2n) is 11.1. The number of hydrogen-bond donors (Lipinski definition) is 1. The minimum atomic E-state index is -0.199. The quantitative estimate of drug-likeness (QED) is 0.475. The molecule has 2 saturated heterocycles. The molecule has 0 radical (unpaired) electrons. The van der Waals surface area contributed by atoms with Crippen molar-refractivity contribution in [2.45, 2.75) is 25.8 Å². The largest absolute Gasteiger partial charge is 0.495 e. The number of likely N-dealkylation sites (N-methyl/N-ethyl adjacent to an activating group) is 1. The minimum absolute atomic E-state index is 0.0166. The van der Waals surface area contributed by atoms with Crippen LogP contribution in [-0.2, 0) is 0 Å². The molecule has 0 unspecified atom stereocenters. The number of benzene rings is 1. The molecule has 1 N–H and O–H groups in total. The summed E-state index contributed by atoms with van der Waals surface area (Å²) in [5.41, 5.74) is 2.21. The minimum Gasteiger partial charge on any atom is -0.495 e. The maximum Gasteiger partial charge on any atom is 0.279 e. The number of carbonyl (C=O) groups is 2. The van der Waals surface area contributed by atoms with Crippen molar-refractivity contribution in [1.82, 2.24) is 29.7 Å². The number of carbonyl (C=O) groups excluding carboxylic acids is 2. The van der Waals surface area contributed by atoms with E-state index in [1.54, 1.807) is 26.4 Å². The zero-order chi connectivity index (χ0) is 29.5. The van der Waals surface area contributed by atoms with Crippen LogP contribution in [0.3, 0.4) is 0 Å². The topological polar surface area (TPSA) is 110 Å². The van der Waals surface area contributed by atoms with E-state index in [1.807, 2.05) is 35.9 Å². The van der Waals surface area contributed by atoms with Crippen molar-refractivity contribution >= 4 is 51.3 Å². The van der Waals surface area contributed by atoms with Crippen LogP contribution < -0.4 is 19.9 Å². The first-order chi connectivity index (χ1) is 20.2. The predicted molar refractivity (Wildman–Crippen MR) is 164 cm³/mol. The Morgan fingerprint density at radius 1 is 1.02 bits per heavy atom. The van der Waals surface area contributed by atoms with E-state index >= 15 is 0 Å². The molecule has 0 saturated carbocycles. The Hall–Kier alpha value is -3.81. The van der Waals surface area contributed by atoms with E-state index in [9.17, 15) is 9.59 Å². The van der Waals surface area contributed by atoms with Crippen LogP contribution in [0.4, 0.5) is 28.1 Å². The van der Waals surface area contributed by atoms with Gasteiger partial charge in [0.15, 0.2) is 11.5 Å². The first kappa shape index (κ1) is 28.3. The van der Waals surface area contributed by atoms with Gasteiger partial charge in [-0.3, -0.25) is 14.5 Å². The molecule has 0 aliphatic carbocycles. The summed E-state index contributed by atoms with van der Waals surface area (Å²) in [6.45, 7) is 7.81. The molecular weight excluding hydrogens is 554 g/mol. The Morgan fingerprint density at radius 2 is 1.76 bits per heavy atom. The van der Waals surface area contributed by atoms with Gasteiger partial charge in [-0.05, 0) is 45.0 Å². The van der Waals surface area contributed by atoms with Crippen molar-refractivity contribution in [3.63, 3.8) is 0 Å². The van der Waals surface area contributed by atoms with Crippen molar-refractivity contribution in [2.24, 2.45) is 0 Å². The highest BCUT2D eigenvalue weighted by atomic mass is 32.1. The summed E-state index contributed by atoms with van der Waals surface area (Å²) in [7, 11) is 7.32. The molecule has 5 heterocycles. The first-order valence-corrected chi connectivity index (χ1v) is 15.1. The number of hydrogen-bond acceptors (Lipinski definition) is 11. The standard InChI is InChI=1S/C29H37N9O3S/c1-18-31-24-27(40)35(3)22-17-30-29(33-25(22)36(4)28(24)42-18)32-21-7-6-19(16-23(21)41-5)26(39)38-10-8-20(9-11-38)37-14-12-34(2)13-15-37/h6-7,16-17,20H,8-15H2,1-5H3,(H,30,32,33). The van der Waals surface area contributed by atoms with Crippen LogP contribution in [0.25, 0.3) is 0 Å². The van der Waals surface area contributed by atoms with E-state index in [0.29, 0.717) is 46.2 Å². The van der Waals surface area contributed by atoms with Crippen LogP contribution in [0, 0.1) is 6.92 Å². The molecular formula is C29H37N9O3S. The number of rotatable bonds is 5. The number of likely N-dealkylation sites (tertiary alicyclic amines) is 1. The molecule has 2 amide bonds. The number of nitrogens with one attached hydrogen (secondary N) is 1. The maximum absolute atomic E-state index is 13.4. The lowest BCUT2D eigenvalue weighted by molar-refractivity contribution is 0.0518. The number of piperidine rings is 1. The monoisotopic (exact) mass is 591 g/mol. The molecule has 2 aromatic heterocycles. The predicted octanol–water partition coefficient (Wildman–Crippen LogP) is 3.20. The number of thiazole rings is 1. The Balaban J connectivity index is 1.16. The average molecular weight is 592 g/mol. The molecule has 0 bridgehead atoms. The molecule has 0 spiro atoms. The van der Waals surface area contributed by atoms with Gasteiger partial charge in [0.2, 0.25) is 5.95 Å². The second kappa shape index (κ2) is 11.5. The summed E-state index contributed by atoms with van der Waals surface area (Å²) in [6.07, 6.45) is 3.62. The molecule has 42 heavy (non-hydrogen) atoms. The fourth-order valence-electron chi connectivity index (χ4n) is 5.91. The molecule has 1 aromatic carbocycles. The zero-order valence-corrected chi connectivity index (χ0v) is 25.6. The van der Waals surface area contributed by atoms with Crippen LogP contribution in [-0.4, -0.2) is 115 Å². The summed E-state index contributed by atoms with van der Waals surface area (Å²) in [5.74, 6) is 1.26. The lowest BCUT2D eigenvalue weighted by Crippen LogP contribution is -2.52. The summed E-state index contributed by atoms with van der Waals surface area (Å²) >= 11 is 1.45. The number of aromatic nitrogens is 3. The van der Waals surface area contributed by atoms with Crippen LogP contribution >= 0.6 is 11.3 Å². The Kier molecular flexibility index (Phi) is 7.73. The number of amides is 2. The van der Waals surface area contributed by atoms with Gasteiger partial charge in [-0.1, -0.05) is 0 Å². The molecule has 12 nitrogen and oxygen atoms in total. The van der Waals surface area contributed by atoms with Gasteiger partial charge in [0.05, 0.1) is 24.0 Å². The third-order valence-electron chi connectivity index (χ3n) is 8.46. The summed E-state index contributed by atoms with van der Waals surface area (Å²) < 4.78 is 5.67. The molecule has 222 valence electrons. The normalized spacial score (nSPS) is 18.5. The molecule has 13 heteroatoms. The lowest BCUT2D eigenvalue weighted by Gasteiger charge is -2.42. The smallest absolute Gasteiger partial charge is 0.279 e. The van der Waals surface area contributed by atoms with Crippen molar-refractivity contribution < 1.29 is 14.3 Å². The number of piperazine rings is 1. The van der Waals surface area contributed by atoms with Gasteiger partial charge in [-0.2, -0.15) is 4.98 Å². The Bertz CT molecular complexity index is 1500. The fraction of sp³-hybridized carbons (Fsp3) is 0.483. The van der Waals surface area contributed by atoms with Crippen molar-refractivity contribution in [3.8, 4) is 5.75 Å². The fourth-order valence-corrected chi connectivity index (χ4v) is 6.78. The summed E-state index contributed by atoms with van der Waals surface area (Å²) in [5, 5.41) is 4.78. The zero-order valence-electron chi connectivity index (χ0n) is 24.8. The molecule has 3 aliphatic heterocycles. The highest BCUT2D eigenvalue weighted by molar-refractivity contribution is 7.16. The summed E-state index contributed by atoms with van der Waals surface area (Å²) in [4.78, 5) is 50.4. The highest BCUT2D eigenvalue weighted by Crippen LogP contribution is 2.41. The molecule has 3 aromatic rings. The van der Waals surface area contributed by atoms with E-state index in [1.165, 1.54) is 16.2 Å². The van der Waals surface area contributed by atoms with Gasteiger partial charge in [0.1, 0.15) is 16.4 Å². The maximum atomic E-state index is 13.4. The average Bonchev–Trinajstić information content (AvgIpc) is 3.39. The van der Waals surface area contributed by atoms with E-state index < -0.39 is 0 Å². The lowest BCUT2D eigenvalue weighted by atomic mass is 10.0. The van der Waals surface area contributed by atoms with Gasteiger partial charge in [0, 0.05) is 65.0 Å². The van der Waals surface area contributed by atoms with Crippen molar-refractivity contribution in [2.75, 3.05) is 82.6 Å². The van der Waals surface area contributed by atoms with Gasteiger partial charge in [-0.15, -0.1) is 11.3 Å². The van der Waals surface area contributed by atoms with Gasteiger partial charge in [0.25, 0.3) is 11.8 Å².